The molecule has 0 aromatic heterocycles. The van der Waals surface area contributed by atoms with Crippen molar-refractivity contribution in [2.75, 3.05) is 6.61 Å². The summed E-state index contributed by atoms with van der Waals surface area (Å²) in [6, 6.07) is 0. The number of carboxylic acids is 3. The summed E-state index contributed by atoms with van der Waals surface area (Å²) < 4.78 is 0. The third-order valence-electron chi connectivity index (χ3n) is 1.84. The van der Waals surface area contributed by atoms with Gasteiger partial charge in [0.05, 0.1) is 12.7 Å². The van der Waals surface area contributed by atoms with E-state index in [4.69, 9.17) is 30.6 Å². The molecule has 0 aromatic rings. The van der Waals surface area contributed by atoms with E-state index in [1.807, 2.05) is 0 Å². The van der Waals surface area contributed by atoms with Gasteiger partial charge in [0.15, 0.2) is 0 Å². The lowest BCUT2D eigenvalue weighted by molar-refractivity contribution is -0.133. The predicted octanol–water partition coefficient (Wildman–Crippen LogP) is 0.662. The largest absolute Gasteiger partial charge is 0.478 e. The highest BCUT2D eigenvalue weighted by molar-refractivity contribution is 5.85. The van der Waals surface area contributed by atoms with Gasteiger partial charge in [-0.1, -0.05) is 19.7 Å². The first kappa shape index (κ1) is 30.4. The molecule has 0 heterocycles. The molecule has 0 rings (SSSR count). The molecule has 0 saturated carbocycles. The van der Waals surface area contributed by atoms with E-state index in [0.29, 0.717) is 0 Å². The zero-order valence-corrected chi connectivity index (χ0v) is 14.9. The maximum absolute atomic E-state index is 9.60. The molecule has 0 fully saturated rings. The van der Waals surface area contributed by atoms with Crippen LogP contribution in [0.25, 0.3) is 0 Å². The lowest BCUT2D eigenvalue weighted by atomic mass is 10.2. The SMILES string of the molecule is C=C(C)C(=O)O.C=C(C)C(=O)O.C=C(C)C(=O)O.CC(O)C(O)CO. The van der Waals surface area contributed by atoms with Gasteiger partial charge in [0, 0.05) is 16.7 Å². The summed E-state index contributed by atoms with van der Waals surface area (Å²) in [5, 5.41) is 48.6. The van der Waals surface area contributed by atoms with Gasteiger partial charge in [0.2, 0.25) is 0 Å². The Morgan fingerprint density at radius 1 is 0.760 bits per heavy atom. The minimum absolute atomic E-state index is 0.176. The quantitative estimate of drug-likeness (QED) is 0.383. The molecular weight excluding hydrogens is 336 g/mol. The number of aliphatic hydroxyl groups is 3. The predicted molar refractivity (Wildman–Crippen MR) is 92.1 cm³/mol. The number of hydrogen-bond acceptors (Lipinski definition) is 6. The minimum atomic E-state index is -0.986. The van der Waals surface area contributed by atoms with Gasteiger partial charge >= 0.3 is 17.9 Å². The van der Waals surface area contributed by atoms with Gasteiger partial charge in [-0.15, -0.1) is 0 Å². The molecule has 0 aliphatic carbocycles. The molecule has 0 aromatic carbocycles. The third kappa shape index (κ3) is 34.0. The van der Waals surface area contributed by atoms with Crippen molar-refractivity contribution in [3.63, 3.8) is 0 Å². The summed E-state index contributed by atoms with van der Waals surface area (Å²) in [5.74, 6) is -2.81. The number of aliphatic carboxylic acids is 3. The molecule has 0 aliphatic rings. The van der Waals surface area contributed by atoms with E-state index in [2.05, 4.69) is 19.7 Å². The Labute approximate surface area is 146 Å². The van der Waals surface area contributed by atoms with Crippen LogP contribution in [0.3, 0.4) is 0 Å². The molecule has 0 aliphatic heterocycles. The molecule has 146 valence electrons. The standard InChI is InChI=1S/C4H10O3.3C4H6O2/c1-3(6)4(7)2-5;3*1-3(2)4(5)6/h3-7H,2H2,1H3;3*1H2,2H3,(H,5,6). The second kappa shape index (κ2) is 17.9. The van der Waals surface area contributed by atoms with Crippen LogP contribution in [0.5, 0.6) is 0 Å². The first-order chi connectivity index (χ1) is 11.1. The Morgan fingerprint density at radius 2 is 0.920 bits per heavy atom. The number of aliphatic hydroxyl groups excluding tert-OH is 3. The molecule has 0 saturated heterocycles. The Morgan fingerprint density at radius 3 is 0.920 bits per heavy atom. The fourth-order valence-electron chi connectivity index (χ4n) is 0.153. The van der Waals surface area contributed by atoms with Crippen LogP contribution in [0.2, 0.25) is 0 Å². The van der Waals surface area contributed by atoms with Crippen molar-refractivity contribution in [1.82, 2.24) is 0 Å². The third-order valence-corrected chi connectivity index (χ3v) is 1.84. The number of carbonyl (C=O) groups is 3. The normalized spacial score (nSPS) is 10.7. The van der Waals surface area contributed by atoms with Gasteiger partial charge < -0.3 is 30.6 Å². The summed E-state index contributed by atoms with van der Waals surface area (Å²) in [4.78, 5) is 28.8. The van der Waals surface area contributed by atoms with Crippen LogP contribution in [-0.2, 0) is 14.4 Å². The van der Waals surface area contributed by atoms with Crippen molar-refractivity contribution in [3.8, 4) is 0 Å². The second-order valence-corrected chi connectivity index (χ2v) is 4.75. The molecule has 6 N–H and O–H groups in total. The number of carboxylic acid groups (broad SMARTS) is 3. The van der Waals surface area contributed by atoms with Gasteiger partial charge in [-0.3, -0.25) is 0 Å². The summed E-state index contributed by atoms with van der Waals surface area (Å²) >= 11 is 0. The fourth-order valence-corrected chi connectivity index (χ4v) is 0.153. The fraction of sp³-hybridized carbons (Fsp3) is 0.438. The summed E-state index contributed by atoms with van der Waals surface area (Å²) in [7, 11) is 0. The van der Waals surface area contributed by atoms with Crippen molar-refractivity contribution < 1.29 is 45.0 Å². The van der Waals surface area contributed by atoms with Gasteiger partial charge in [-0.2, -0.15) is 0 Å². The molecule has 25 heavy (non-hydrogen) atoms. The Bertz CT molecular complexity index is 371. The van der Waals surface area contributed by atoms with Crippen LogP contribution >= 0.6 is 0 Å². The van der Waals surface area contributed by atoms with Crippen molar-refractivity contribution >= 4 is 17.9 Å². The molecule has 2 unspecified atom stereocenters. The summed E-state index contributed by atoms with van der Waals surface area (Å²) in [6.45, 7) is 14.8. The number of hydrogen-bond donors (Lipinski definition) is 6. The summed E-state index contributed by atoms with van der Waals surface area (Å²) in [6.07, 6.45) is -1.81. The second-order valence-electron chi connectivity index (χ2n) is 4.75. The molecule has 9 nitrogen and oxygen atoms in total. The molecule has 0 spiro atoms. The van der Waals surface area contributed by atoms with Crippen LogP contribution in [-0.4, -0.2) is 67.4 Å². The highest BCUT2D eigenvalue weighted by Gasteiger charge is 2.06. The maximum atomic E-state index is 9.60. The zero-order chi connectivity index (χ0) is 21.3. The van der Waals surface area contributed by atoms with Crippen molar-refractivity contribution in [1.29, 1.82) is 0 Å². The Hall–Kier alpha value is -2.49. The van der Waals surface area contributed by atoms with E-state index >= 15 is 0 Å². The van der Waals surface area contributed by atoms with E-state index in [1.54, 1.807) is 0 Å². The van der Waals surface area contributed by atoms with E-state index in [9.17, 15) is 14.4 Å². The average molecular weight is 364 g/mol. The zero-order valence-electron chi connectivity index (χ0n) is 14.9. The van der Waals surface area contributed by atoms with Gasteiger partial charge in [-0.05, 0) is 27.7 Å². The minimum Gasteiger partial charge on any atom is -0.478 e. The van der Waals surface area contributed by atoms with Crippen LogP contribution in [0.4, 0.5) is 0 Å². The molecular formula is C16H28O9. The molecule has 0 bridgehead atoms. The molecule has 0 amide bonds. The van der Waals surface area contributed by atoms with Crippen molar-refractivity contribution in [3.05, 3.63) is 36.5 Å². The van der Waals surface area contributed by atoms with Crippen LogP contribution in [0.15, 0.2) is 36.5 Å². The number of rotatable bonds is 5. The lowest BCUT2D eigenvalue weighted by Crippen LogP contribution is -2.25. The van der Waals surface area contributed by atoms with Crippen molar-refractivity contribution in [2.45, 2.75) is 39.9 Å². The molecule has 9 heteroatoms. The first-order valence-corrected chi connectivity index (χ1v) is 6.75. The van der Waals surface area contributed by atoms with Gasteiger partial charge in [0.1, 0.15) is 6.10 Å². The lowest BCUT2D eigenvalue weighted by Gasteiger charge is -2.07. The average Bonchev–Trinajstić information content (AvgIpc) is 2.47. The van der Waals surface area contributed by atoms with E-state index in [-0.39, 0.29) is 23.3 Å². The Kier molecular flexibility index (Phi) is 21.7. The van der Waals surface area contributed by atoms with E-state index in [1.165, 1.54) is 27.7 Å². The van der Waals surface area contributed by atoms with Gasteiger partial charge in [0.25, 0.3) is 0 Å². The highest BCUT2D eigenvalue weighted by Crippen LogP contribution is 1.87. The first-order valence-electron chi connectivity index (χ1n) is 6.75. The van der Waals surface area contributed by atoms with Crippen LogP contribution in [0, 0.1) is 0 Å². The Balaban J connectivity index is -0.000000118. The van der Waals surface area contributed by atoms with E-state index in [0.717, 1.165) is 0 Å². The summed E-state index contributed by atoms with van der Waals surface area (Å²) in [5.41, 5.74) is 0.528. The van der Waals surface area contributed by atoms with Gasteiger partial charge in [-0.25, -0.2) is 14.4 Å². The van der Waals surface area contributed by atoms with Crippen LogP contribution in [0.1, 0.15) is 27.7 Å². The molecule has 2 atom stereocenters. The van der Waals surface area contributed by atoms with E-state index < -0.39 is 30.1 Å². The molecule has 0 radical (unpaired) electrons. The monoisotopic (exact) mass is 364 g/mol. The van der Waals surface area contributed by atoms with Crippen LogP contribution < -0.4 is 0 Å². The smallest absolute Gasteiger partial charge is 0.330 e. The maximum Gasteiger partial charge on any atom is 0.330 e. The highest BCUT2D eigenvalue weighted by atomic mass is 16.4. The topological polar surface area (TPSA) is 173 Å². The van der Waals surface area contributed by atoms with Crippen molar-refractivity contribution in [2.24, 2.45) is 0 Å².